The number of rotatable bonds is 6. The van der Waals surface area contributed by atoms with Gasteiger partial charge in [0.05, 0.1) is 36.0 Å². The third-order valence-electron chi connectivity index (χ3n) is 17.2. The number of nitrogens with zero attached hydrogens (tertiary/aromatic N) is 9. The summed E-state index contributed by atoms with van der Waals surface area (Å²) >= 11 is 24.9. The van der Waals surface area contributed by atoms with Crippen molar-refractivity contribution in [3.8, 4) is 0 Å². The van der Waals surface area contributed by atoms with Gasteiger partial charge in [-0.3, -0.25) is 0 Å². The van der Waals surface area contributed by atoms with Gasteiger partial charge in [0.25, 0.3) is 0 Å². The highest BCUT2D eigenvalue weighted by molar-refractivity contribution is 6.34. The lowest BCUT2D eigenvalue weighted by Gasteiger charge is -2.27. The molecule has 14 heterocycles. The molecule has 0 radical (unpaired) electrons. The number of aromatic nitrogens is 9. The fourth-order valence-electron chi connectivity index (χ4n) is 13.4. The van der Waals surface area contributed by atoms with Crippen LogP contribution in [0.15, 0.2) is 110 Å². The van der Waals surface area contributed by atoms with E-state index in [4.69, 9.17) is 105 Å². The van der Waals surface area contributed by atoms with Gasteiger partial charge >= 0.3 is 0 Å². The summed E-state index contributed by atoms with van der Waals surface area (Å²) in [7, 11) is 0. The molecule has 1 unspecified atom stereocenters. The van der Waals surface area contributed by atoms with Gasteiger partial charge in [-0.25, -0.2) is 29.9 Å². The topological polar surface area (TPSA) is 277 Å². The van der Waals surface area contributed by atoms with Crippen LogP contribution in [0, 0.1) is 0 Å². The van der Waals surface area contributed by atoms with Gasteiger partial charge < -0.3 is 82.8 Å². The summed E-state index contributed by atoms with van der Waals surface area (Å²) in [6.45, 7) is 9.07. The van der Waals surface area contributed by atoms with Gasteiger partial charge in [-0.2, -0.15) is 0 Å². The molecule has 5 saturated heterocycles. The third-order valence-corrected chi connectivity index (χ3v) is 18.2. The number of halogens is 4. The van der Waals surface area contributed by atoms with Crippen molar-refractivity contribution < 1.29 is 57.6 Å². The van der Waals surface area contributed by atoms with E-state index in [-0.39, 0.29) is 48.8 Å². The Morgan fingerprint density at radius 1 is 0.437 bits per heavy atom. The number of fused-ring (bicyclic) bond motifs is 8. The van der Waals surface area contributed by atoms with Crippen LogP contribution in [0.4, 0.5) is 11.6 Å². The van der Waals surface area contributed by atoms with Crippen molar-refractivity contribution in [2.45, 2.75) is 151 Å². The van der Waals surface area contributed by atoms with Crippen LogP contribution in [0.5, 0.6) is 0 Å². The molecule has 6 aromatic heterocycles. The van der Waals surface area contributed by atoms with E-state index in [0.717, 1.165) is 44.2 Å². The predicted molar refractivity (Wildman–Crippen MR) is 315 cm³/mol. The molecule has 8 aliphatic rings. The Bertz CT molecular complexity index is 3970. The zero-order valence-corrected chi connectivity index (χ0v) is 49.9. The lowest BCUT2D eigenvalue weighted by Crippen LogP contribution is -2.34. The minimum Gasteiger partial charge on any atom is -0.387 e. The van der Waals surface area contributed by atoms with Gasteiger partial charge in [-0.05, 0) is 116 Å². The van der Waals surface area contributed by atoms with E-state index in [1.54, 1.807) is 22.9 Å². The number of anilines is 2. The SMILES string of the molecule is CC1(C)O[C@H]2[C@@H](O1)[C@H](n1ccc3c(Cl)ncnc31)O[C@@H]2[C@@H]1OCc2ccc(Cl)cc21.CC1(C)O[C@H]2[C@@H](O1)[C@H](n1ccc3c(N)ncnc31)O[C@@H]2[C@@H]1OCc2ccc(Cl)cc21.Nc1ncnc2c1ccn2C1O[C@H]([C@@H]2OCc3ccc(Cl)cc32)[C@@H](O)[C@H]1O. The molecule has 452 valence electrons. The highest BCUT2D eigenvalue weighted by atomic mass is 35.5. The lowest BCUT2D eigenvalue weighted by molar-refractivity contribution is -0.210. The molecule has 27 heteroatoms. The highest BCUT2D eigenvalue weighted by Crippen LogP contribution is 2.53. The summed E-state index contributed by atoms with van der Waals surface area (Å²) in [6.07, 6.45) is 1.85. The summed E-state index contributed by atoms with van der Waals surface area (Å²) < 4.78 is 67.8. The molecule has 0 bridgehead atoms. The second-order valence-corrected chi connectivity index (χ2v) is 25.0. The van der Waals surface area contributed by atoms with Crippen molar-refractivity contribution >= 4 is 91.1 Å². The minimum absolute atomic E-state index is 0.296. The van der Waals surface area contributed by atoms with E-state index < -0.39 is 54.7 Å². The molecule has 0 spiro atoms. The molecule has 0 amide bonds. The van der Waals surface area contributed by atoms with Crippen LogP contribution in [0.3, 0.4) is 0 Å². The van der Waals surface area contributed by atoms with Crippen molar-refractivity contribution in [2.24, 2.45) is 0 Å². The van der Waals surface area contributed by atoms with Gasteiger partial charge in [0, 0.05) is 33.7 Å². The Labute approximate surface area is 516 Å². The van der Waals surface area contributed by atoms with E-state index in [9.17, 15) is 10.2 Å². The van der Waals surface area contributed by atoms with Gasteiger partial charge in [-0.1, -0.05) is 64.6 Å². The fraction of sp³-hybridized carbons (Fsp3) is 0.400. The van der Waals surface area contributed by atoms with E-state index in [0.29, 0.717) is 74.0 Å². The number of hydrogen-bond donors (Lipinski definition) is 4. The molecular formula is C60H57Cl4N11O12. The Kier molecular flexibility index (Phi) is 14.3. The number of aliphatic hydroxyl groups excluding tert-OH is 2. The zero-order valence-electron chi connectivity index (χ0n) is 46.8. The first-order valence-corrected chi connectivity index (χ1v) is 29.7. The minimum atomic E-state index is -1.16. The average Bonchev–Trinajstić information content (AvgIpc) is 1.62. The number of benzene rings is 3. The van der Waals surface area contributed by atoms with Crippen molar-refractivity contribution in [3.05, 3.63) is 164 Å². The molecule has 23 nitrogen and oxygen atoms in total. The number of nitrogen functional groups attached to an aromatic ring is 2. The summed E-state index contributed by atoms with van der Waals surface area (Å²) in [4.78, 5) is 25.1. The predicted octanol–water partition coefficient (Wildman–Crippen LogP) is 9.34. The number of ether oxygens (including phenoxy) is 10. The molecule has 6 N–H and O–H groups in total. The number of hydrogen-bond acceptors (Lipinski definition) is 20. The smallest absolute Gasteiger partial charge is 0.164 e. The van der Waals surface area contributed by atoms with E-state index in [1.165, 1.54) is 19.0 Å². The Morgan fingerprint density at radius 3 is 1.25 bits per heavy atom. The largest absolute Gasteiger partial charge is 0.387 e. The summed E-state index contributed by atoms with van der Waals surface area (Å²) in [5, 5.41) is 25.8. The molecule has 9 aromatic rings. The van der Waals surface area contributed by atoms with Crippen LogP contribution in [-0.2, 0) is 67.2 Å². The van der Waals surface area contributed by atoms with Gasteiger partial charge in [0.15, 0.2) is 30.3 Å². The van der Waals surface area contributed by atoms with Crippen LogP contribution in [0.25, 0.3) is 33.1 Å². The van der Waals surface area contributed by atoms with Crippen molar-refractivity contribution in [1.82, 2.24) is 43.6 Å². The first-order valence-electron chi connectivity index (χ1n) is 28.2. The molecular weight excluding hydrogens is 1210 g/mol. The number of aliphatic hydroxyl groups is 2. The van der Waals surface area contributed by atoms with Crippen LogP contribution < -0.4 is 11.5 Å². The number of nitrogens with two attached hydrogens (primary N) is 2. The lowest BCUT2D eigenvalue weighted by atomic mass is 9.97. The molecule has 87 heavy (non-hydrogen) atoms. The molecule has 3 aromatic carbocycles. The van der Waals surface area contributed by atoms with Crippen LogP contribution in [0.1, 0.15) is 98.1 Å². The van der Waals surface area contributed by atoms with Gasteiger partial charge in [0.2, 0.25) is 0 Å². The van der Waals surface area contributed by atoms with Crippen LogP contribution in [0.2, 0.25) is 20.2 Å². The normalized spacial score (nSPS) is 31.4. The van der Waals surface area contributed by atoms with E-state index in [2.05, 4.69) is 29.9 Å². The van der Waals surface area contributed by atoms with E-state index >= 15 is 0 Å². The first-order chi connectivity index (χ1) is 41.9. The maximum absolute atomic E-state index is 10.6. The van der Waals surface area contributed by atoms with Crippen molar-refractivity contribution in [1.29, 1.82) is 0 Å². The van der Waals surface area contributed by atoms with Crippen molar-refractivity contribution in [3.63, 3.8) is 0 Å². The first kappa shape index (κ1) is 57.3. The highest BCUT2D eigenvalue weighted by Gasteiger charge is 2.61. The molecule has 0 saturated carbocycles. The third kappa shape index (κ3) is 9.91. The summed E-state index contributed by atoms with van der Waals surface area (Å²) in [5.74, 6) is -0.703. The van der Waals surface area contributed by atoms with E-state index in [1.807, 2.05) is 110 Å². The summed E-state index contributed by atoms with van der Waals surface area (Å²) in [5.41, 5.74) is 19.9. The second-order valence-electron chi connectivity index (χ2n) is 23.4. The zero-order chi connectivity index (χ0) is 59.9. The second kappa shape index (κ2) is 21.8. The molecule has 8 aliphatic heterocycles. The average molecular weight is 1270 g/mol. The van der Waals surface area contributed by atoms with Crippen LogP contribution >= 0.6 is 46.4 Å². The maximum atomic E-state index is 10.6. The molecule has 15 atom stereocenters. The quantitative estimate of drug-likeness (QED) is 0.113. The molecule has 5 fully saturated rings. The van der Waals surface area contributed by atoms with Gasteiger partial charge in [0.1, 0.15) is 126 Å². The molecule has 0 aliphatic carbocycles. The Balaban J connectivity index is 0.000000110. The standard InChI is InChI=1S/C21H19Cl2N3O4.C21H21ClN4O4.C18H17ClN4O4/c2*1-21(2)29-16-15(14-13-7-11(22)4-3-10(13)8-27-14)28-20(17(16)30-21)26-6-5-12-18(23)24-9-25-19(12)26;19-9-2-1-8-6-26-14(11(8)5-9)15-12(24)13(25)18(27-15)23-4-3-10-16(20)21-7-22-17(10)23/h3-7,9,14-17,20H,8H2,1-2H3;3-7,9,14-17,20H,8H2,1-2H3,(H2,23,24,25);1-5,7,12-15,18,24-25H,6H2,(H2,20,21,22)/t2*14-,15-,16-,17-,20-;12-,13+,14+,15-,18?/m110/s1. The van der Waals surface area contributed by atoms with Crippen LogP contribution in [-0.4, -0.2) is 120 Å². The Hall–Kier alpha value is -6.20. The Morgan fingerprint density at radius 2 is 0.805 bits per heavy atom. The van der Waals surface area contributed by atoms with Crippen molar-refractivity contribution in [2.75, 3.05) is 11.5 Å². The van der Waals surface area contributed by atoms with Gasteiger partial charge in [-0.15, -0.1) is 0 Å². The maximum Gasteiger partial charge on any atom is 0.164 e. The molecule has 17 rings (SSSR count). The monoisotopic (exact) mass is 1260 g/mol. The fourth-order valence-corrected chi connectivity index (χ4v) is 14.1. The summed E-state index contributed by atoms with van der Waals surface area (Å²) in [6, 6.07) is 22.7.